The fourth-order valence-corrected chi connectivity index (χ4v) is 1.31. The number of carbonyl (C=O) groups excluding carboxylic acids is 1. The number of alkyl halides is 3. The highest BCUT2D eigenvalue weighted by atomic mass is 19.4. The van der Waals surface area contributed by atoms with Crippen LogP contribution in [0.3, 0.4) is 0 Å². The second kappa shape index (κ2) is 6.92. The Morgan fingerprint density at radius 1 is 1.30 bits per heavy atom. The molecule has 0 aliphatic rings. The van der Waals surface area contributed by atoms with Crippen molar-refractivity contribution in [3.8, 4) is 0 Å². The van der Waals surface area contributed by atoms with Crippen LogP contribution < -0.4 is 16.4 Å². The maximum atomic E-state index is 12.7. The lowest BCUT2D eigenvalue weighted by Crippen LogP contribution is -2.18. The average Bonchev–Trinajstić information content (AvgIpc) is 2.34. The van der Waals surface area contributed by atoms with Crippen LogP contribution >= 0.6 is 0 Å². The molecule has 0 spiro atoms. The molecule has 1 heterocycles. The number of rotatable bonds is 7. The predicted octanol–water partition coefficient (Wildman–Crippen LogP) is 1.60. The fourth-order valence-electron chi connectivity index (χ4n) is 1.31. The topological polar surface area (TPSA) is 92.9 Å². The van der Waals surface area contributed by atoms with Crippen molar-refractivity contribution in [2.75, 3.05) is 23.7 Å². The number of nitrogens with two attached hydrogens (primary N) is 1. The van der Waals surface area contributed by atoms with Gasteiger partial charge in [0.15, 0.2) is 5.69 Å². The zero-order valence-corrected chi connectivity index (χ0v) is 10.9. The summed E-state index contributed by atoms with van der Waals surface area (Å²) in [4.78, 5) is 17.9. The molecule has 0 aliphatic carbocycles. The molecule has 0 atom stereocenters. The standard InChI is InChI=1S/C11H16F3N5O/c1-2-4-17-10-18-7(11(12,13)14)6-9(19-10)16-5-3-8(15)20/h6H,2-5H2,1H3,(H2,15,20)(H2,16,17,18,19). The molecular weight excluding hydrogens is 275 g/mol. The van der Waals surface area contributed by atoms with Gasteiger partial charge in [0.25, 0.3) is 0 Å². The number of amides is 1. The molecule has 0 unspecified atom stereocenters. The van der Waals surface area contributed by atoms with Crippen molar-refractivity contribution in [2.45, 2.75) is 25.9 Å². The van der Waals surface area contributed by atoms with Crippen molar-refractivity contribution in [1.29, 1.82) is 0 Å². The Kier molecular flexibility index (Phi) is 5.53. The maximum absolute atomic E-state index is 12.7. The van der Waals surface area contributed by atoms with Crippen molar-refractivity contribution in [3.63, 3.8) is 0 Å². The average molecular weight is 291 g/mol. The Morgan fingerprint density at radius 3 is 2.55 bits per heavy atom. The molecule has 20 heavy (non-hydrogen) atoms. The highest BCUT2D eigenvalue weighted by molar-refractivity contribution is 5.74. The van der Waals surface area contributed by atoms with E-state index in [0.717, 1.165) is 12.5 Å². The molecular formula is C11H16F3N5O. The van der Waals surface area contributed by atoms with Crippen LogP contribution in [0.1, 0.15) is 25.5 Å². The quantitative estimate of drug-likeness (QED) is 0.709. The Bertz CT molecular complexity index is 464. The first-order chi connectivity index (χ1) is 9.32. The second-order valence-electron chi connectivity index (χ2n) is 4.03. The summed E-state index contributed by atoms with van der Waals surface area (Å²) in [5, 5.41) is 5.31. The smallest absolute Gasteiger partial charge is 0.370 e. The number of halogens is 3. The van der Waals surface area contributed by atoms with E-state index < -0.39 is 17.8 Å². The largest absolute Gasteiger partial charge is 0.433 e. The van der Waals surface area contributed by atoms with E-state index in [9.17, 15) is 18.0 Å². The zero-order chi connectivity index (χ0) is 15.2. The lowest BCUT2D eigenvalue weighted by atomic mass is 10.3. The molecule has 1 aromatic heterocycles. The minimum absolute atomic E-state index is 0.00305. The van der Waals surface area contributed by atoms with Crippen LogP contribution in [0, 0.1) is 0 Å². The lowest BCUT2D eigenvalue weighted by Gasteiger charge is -2.12. The highest BCUT2D eigenvalue weighted by Gasteiger charge is 2.33. The molecule has 1 aromatic rings. The minimum atomic E-state index is -4.56. The molecule has 1 rings (SSSR count). The van der Waals surface area contributed by atoms with Gasteiger partial charge in [0.2, 0.25) is 11.9 Å². The third kappa shape index (κ3) is 5.29. The van der Waals surface area contributed by atoms with E-state index >= 15 is 0 Å². The van der Waals surface area contributed by atoms with Crippen molar-refractivity contribution >= 4 is 17.7 Å². The monoisotopic (exact) mass is 291 g/mol. The molecule has 1 amide bonds. The SMILES string of the molecule is CCCNc1nc(NCCC(N)=O)cc(C(F)(F)F)n1. The number of nitrogens with zero attached hydrogens (tertiary/aromatic N) is 2. The number of primary amides is 1. The van der Waals surface area contributed by atoms with Crippen LogP contribution in [0.2, 0.25) is 0 Å². The van der Waals surface area contributed by atoms with Gasteiger partial charge in [0.1, 0.15) is 5.82 Å². The third-order valence-electron chi connectivity index (χ3n) is 2.23. The van der Waals surface area contributed by atoms with E-state index in [-0.39, 0.29) is 24.7 Å². The summed E-state index contributed by atoms with van der Waals surface area (Å²) in [5.41, 5.74) is 3.90. The summed E-state index contributed by atoms with van der Waals surface area (Å²) < 4.78 is 38.1. The van der Waals surface area contributed by atoms with Crippen molar-refractivity contribution < 1.29 is 18.0 Å². The first kappa shape index (κ1) is 16.0. The summed E-state index contributed by atoms with van der Waals surface area (Å²) in [6.07, 6.45) is -3.83. The fraction of sp³-hybridized carbons (Fsp3) is 0.545. The van der Waals surface area contributed by atoms with Crippen molar-refractivity contribution in [2.24, 2.45) is 5.73 Å². The summed E-state index contributed by atoms with van der Waals surface area (Å²) in [6.45, 7) is 2.44. The van der Waals surface area contributed by atoms with Crippen LogP contribution in [0.4, 0.5) is 24.9 Å². The highest BCUT2D eigenvalue weighted by Crippen LogP contribution is 2.29. The molecule has 112 valence electrons. The Hall–Kier alpha value is -2.06. The number of hydrogen-bond acceptors (Lipinski definition) is 5. The van der Waals surface area contributed by atoms with Crippen LogP contribution in [0.25, 0.3) is 0 Å². The molecule has 0 aromatic carbocycles. The van der Waals surface area contributed by atoms with E-state index in [1.54, 1.807) is 0 Å². The zero-order valence-electron chi connectivity index (χ0n) is 10.9. The molecule has 4 N–H and O–H groups in total. The van der Waals surface area contributed by atoms with Crippen LogP contribution in [-0.4, -0.2) is 29.0 Å². The summed E-state index contributed by atoms with van der Waals surface area (Å²) in [5.74, 6) is -0.664. The van der Waals surface area contributed by atoms with Crippen LogP contribution in [-0.2, 0) is 11.0 Å². The van der Waals surface area contributed by atoms with Gasteiger partial charge in [-0.05, 0) is 6.42 Å². The molecule has 0 saturated heterocycles. The van der Waals surface area contributed by atoms with Crippen molar-refractivity contribution in [3.05, 3.63) is 11.8 Å². The van der Waals surface area contributed by atoms with Gasteiger partial charge in [-0.2, -0.15) is 18.2 Å². The van der Waals surface area contributed by atoms with E-state index in [0.29, 0.717) is 6.54 Å². The number of nitrogens with one attached hydrogen (secondary N) is 2. The first-order valence-electron chi connectivity index (χ1n) is 6.05. The van der Waals surface area contributed by atoms with Gasteiger partial charge in [0.05, 0.1) is 0 Å². The van der Waals surface area contributed by atoms with Crippen LogP contribution in [0.15, 0.2) is 6.07 Å². The van der Waals surface area contributed by atoms with Gasteiger partial charge >= 0.3 is 6.18 Å². The number of aromatic nitrogens is 2. The third-order valence-corrected chi connectivity index (χ3v) is 2.23. The predicted molar refractivity (Wildman–Crippen MR) is 68.1 cm³/mol. The molecule has 0 saturated carbocycles. The maximum Gasteiger partial charge on any atom is 0.433 e. The summed E-state index contributed by atoms with van der Waals surface area (Å²) >= 11 is 0. The number of hydrogen-bond donors (Lipinski definition) is 3. The molecule has 0 bridgehead atoms. The molecule has 0 fully saturated rings. The van der Waals surface area contributed by atoms with Crippen molar-refractivity contribution in [1.82, 2.24) is 9.97 Å². The summed E-state index contributed by atoms with van der Waals surface area (Å²) in [7, 11) is 0. The molecule has 0 radical (unpaired) electrons. The number of anilines is 2. The van der Waals surface area contributed by atoms with Gasteiger partial charge in [-0.25, -0.2) is 4.98 Å². The molecule has 6 nitrogen and oxygen atoms in total. The van der Waals surface area contributed by atoms with Gasteiger partial charge in [-0.1, -0.05) is 6.92 Å². The molecule has 0 aliphatic heterocycles. The Balaban J connectivity index is 2.88. The minimum Gasteiger partial charge on any atom is -0.370 e. The second-order valence-corrected chi connectivity index (χ2v) is 4.03. The number of carbonyl (C=O) groups is 1. The van der Waals surface area contributed by atoms with Gasteiger partial charge in [-0.15, -0.1) is 0 Å². The lowest BCUT2D eigenvalue weighted by molar-refractivity contribution is -0.141. The van der Waals surface area contributed by atoms with Gasteiger partial charge in [0, 0.05) is 25.6 Å². The Morgan fingerprint density at radius 2 is 2.00 bits per heavy atom. The van der Waals surface area contributed by atoms with Crippen LogP contribution in [0.5, 0.6) is 0 Å². The molecule has 9 heteroatoms. The summed E-state index contributed by atoms with van der Waals surface area (Å²) in [6, 6.07) is 0.790. The Labute approximate surface area is 114 Å². The van der Waals surface area contributed by atoms with E-state index in [1.165, 1.54) is 0 Å². The van der Waals surface area contributed by atoms with E-state index in [1.807, 2.05) is 6.92 Å². The van der Waals surface area contributed by atoms with Gasteiger partial charge in [-0.3, -0.25) is 4.79 Å². The first-order valence-corrected chi connectivity index (χ1v) is 6.05. The van der Waals surface area contributed by atoms with Gasteiger partial charge < -0.3 is 16.4 Å². The van der Waals surface area contributed by atoms with E-state index in [4.69, 9.17) is 5.73 Å². The normalized spacial score (nSPS) is 11.2. The van der Waals surface area contributed by atoms with E-state index in [2.05, 4.69) is 20.6 Å².